The van der Waals surface area contributed by atoms with Crippen molar-refractivity contribution in [3.63, 3.8) is 0 Å². The molecule has 3 saturated heterocycles. The van der Waals surface area contributed by atoms with Gasteiger partial charge in [0.15, 0.2) is 0 Å². The molecule has 0 aliphatic carbocycles. The quantitative estimate of drug-likeness (QED) is 0.657. The Bertz CT molecular complexity index is 1250. The molecule has 1 atom stereocenters. The van der Waals surface area contributed by atoms with Gasteiger partial charge in [-0.05, 0) is 52.2 Å². The van der Waals surface area contributed by atoms with Gasteiger partial charge in [0.25, 0.3) is 0 Å². The lowest BCUT2D eigenvalue weighted by atomic mass is 9.72. The summed E-state index contributed by atoms with van der Waals surface area (Å²) in [6.45, 7) is 8.69. The van der Waals surface area contributed by atoms with E-state index >= 15 is 0 Å². The van der Waals surface area contributed by atoms with Gasteiger partial charge in [-0.3, -0.25) is 24.0 Å². The Kier molecular flexibility index (Phi) is 5.45. The number of anilines is 1. The molecule has 2 aromatic rings. The summed E-state index contributed by atoms with van der Waals surface area (Å²) in [5.74, 6) is -0.732. The van der Waals surface area contributed by atoms with E-state index in [1.807, 2.05) is 39.0 Å². The first-order valence-corrected chi connectivity index (χ1v) is 12.2. The number of aromatic nitrogens is 2. The molecule has 5 rings (SSSR count). The minimum Gasteiger partial charge on any atom is -0.444 e. The highest BCUT2D eigenvalue weighted by atomic mass is 16.6. The summed E-state index contributed by atoms with van der Waals surface area (Å²) in [5, 5.41) is 2.36. The van der Waals surface area contributed by atoms with Crippen molar-refractivity contribution in [2.75, 3.05) is 31.1 Å². The van der Waals surface area contributed by atoms with E-state index in [1.54, 1.807) is 16.5 Å². The van der Waals surface area contributed by atoms with Gasteiger partial charge < -0.3 is 14.5 Å². The first kappa shape index (κ1) is 23.4. The topological polar surface area (TPSA) is 106 Å². The summed E-state index contributed by atoms with van der Waals surface area (Å²) < 4.78 is 8.65. The zero-order chi connectivity index (χ0) is 25.1. The number of nitrogens with zero attached hydrogens (tertiary/aromatic N) is 4. The van der Waals surface area contributed by atoms with Crippen LogP contribution in [-0.4, -0.2) is 63.7 Å². The molecule has 10 heteroatoms. The van der Waals surface area contributed by atoms with Crippen molar-refractivity contribution in [2.24, 2.45) is 12.5 Å². The highest BCUT2D eigenvalue weighted by Crippen LogP contribution is 2.44. The van der Waals surface area contributed by atoms with Gasteiger partial charge in [0.05, 0.1) is 16.7 Å². The molecule has 3 aliphatic heterocycles. The lowest BCUT2D eigenvalue weighted by Crippen LogP contribution is -2.61. The molecule has 3 aliphatic rings. The second-order valence-electron chi connectivity index (χ2n) is 11.1. The van der Waals surface area contributed by atoms with Gasteiger partial charge in [0, 0.05) is 45.1 Å². The minimum absolute atomic E-state index is 0.145. The number of hydrogen-bond donors (Lipinski definition) is 1. The van der Waals surface area contributed by atoms with Crippen LogP contribution in [0.5, 0.6) is 0 Å². The average Bonchev–Trinajstić information content (AvgIpc) is 3.02. The van der Waals surface area contributed by atoms with Crippen LogP contribution in [0.1, 0.15) is 52.5 Å². The fourth-order valence-corrected chi connectivity index (χ4v) is 5.64. The normalized spacial score (nSPS) is 22.3. The molecule has 1 spiro atoms. The summed E-state index contributed by atoms with van der Waals surface area (Å²) in [6.07, 6.45) is 2.10. The highest BCUT2D eigenvalue weighted by molar-refractivity contribution is 6.00. The maximum Gasteiger partial charge on any atom is 0.410 e. The van der Waals surface area contributed by atoms with Gasteiger partial charge in [-0.25, -0.2) is 9.59 Å². The average molecular weight is 484 g/mol. The summed E-state index contributed by atoms with van der Waals surface area (Å²) in [4.78, 5) is 53.8. The predicted molar refractivity (Wildman–Crippen MR) is 130 cm³/mol. The van der Waals surface area contributed by atoms with E-state index in [0.717, 1.165) is 37.1 Å². The fourth-order valence-electron chi connectivity index (χ4n) is 5.64. The van der Waals surface area contributed by atoms with Crippen molar-refractivity contribution in [2.45, 2.75) is 58.1 Å². The second-order valence-corrected chi connectivity index (χ2v) is 11.1. The molecule has 4 heterocycles. The largest absolute Gasteiger partial charge is 0.444 e. The van der Waals surface area contributed by atoms with Crippen LogP contribution in [0.3, 0.4) is 0 Å². The summed E-state index contributed by atoms with van der Waals surface area (Å²) in [6, 6.07) is 5.09. The van der Waals surface area contributed by atoms with Crippen LogP contribution in [0, 0.1) is 5.41 Å². The number of imidazole rings is 1. The first-order chi connectivity index (χ1) is 16.5. The molecular formula is C25H33N5O5. The number of carbonyl (C=O) groups is 3. The smallest absolute Gasteiger partial charge is 0.410 e. The van der Waals surface area contributed by atoms with Crippen LogP contribution in [-0.2, 0) is 21.4 Å². The molecule has 1 aromatic carbocycles. The van der Waals surface area contributed by atoms with Gasteiger partial charge in [-0.2, -0.15) is 0 Å². The van der Waals surface area contributed by atoms with Crippen LogP contribution >= 0.6 is 0 Å². The minimum atomic E-state index is -0.695. The number of fused-ring (bicyclic) bond motifs is 1. The SMILES string of the molecule is Cn1c(=O)n(C2CCC(=O)NC2=O)c2cccc(N3CC4(CCN(C(=O)OC(C)(C)C)CC4)C3)c21. The lowest BCUT2D eigenvalue weighted by molar-refractivity contribution is -0.135. The number of aryl methyl sites for hydroxylation is 1. The molecule has 1 unspecified atom stereocenters. The Hall–Kier alpha value is -3.30. The fraction of sp³-hybridized carbons (Fsp3) is 0.600. The molecule has 1 aromatic heterocycles. The number of hydrogen-bond acceptors (Lipinski definition) is 6. The van der Waals surface area contributed by atoms with Crippen LogP contribution in [0.4, 0.5) is 10.5 Å². The molecule has 188 valence electrons. The molecule has 1 N–H and O–H groups in total. The number of amides is 3. The van der Waals surface area contributed by atoms with Crippen LogP contribution < -0.4 is 15.9 Å². The van der Waals surface area contributed by atoms with E-state index in [4.69, 9.17) is 4.74 Å². The summed E-state index contributed by atoms with van der Waals surface area (Å²) >= 11 is 0. The van der Waals surface area contributed by atoms with Crippen molar-refractivity contribution in [3.8, 4) is 0 Å². The molecule has 0 radical (unpaired) electrons. The van der Waals surface area contributed by atoms with Gasteiger partial charge >= 0.3 is 11.8 Å². The molecule has 10 nitrogen and oxygen atoms in total. The van der Waals surface area contributed by atoms with E-state index in [2.05, 4.69) is 10.2 Å². The van der Waals surface area contributed by atoms with Crippen molar-refractivity contribution >= 4 is 34.6 Å². The zero-order valence-corrected chi connectivity index (χ0v) is 20.8. The molecule has 0 bridgehead atoms. The monoisotopic (exact) mass is 483 g/mol. The third-order valence-electron chi connectivity index (χ3n) is 7.47. The van der Waals surface area contributed by atoms with E-state index in [9.17, 15) is 19.2 Å². The van der Waals surface area contributed by atoms with Crippen molar-refractivity contribution in [3.05, 3.63) is 28.7 Å². The number of nitrogens with one attached hydrogen (secondary N) is 1. The second kappa shape index (κ2) is 8.13. The van der Waals surface area contributed by atoms with Crippen LogP contribution in [0.2, 0.25) is 0 Å². The van der Waals surface area contributed by atoms with Crippen molar-refractivity contribution in [1.29, 1.82) is 0 Å². The Morgan fingerprint density at radius 3 is 2.43 bits per heavy atom. The number of piperidine rings is 2. The van der Waals surface area contributed by atoms with Gasteiger partial charge in [-0.15, -0.1) is 0 Å². The van der Waals surface area contributed by atoms with E-state index in [-0.39, 0.29) is 29.5 Å². The maximum absolute atomic E-state index is 13.2. The molecule has 35 heavy (non-hydrogen) atoms. The van der Waals surface area contributed by atoms with Crippen LogP contribution in [0.25, 0.3) is 11.0 Å². The third kappa shape index (κ3) is 4.08. The van der Waals surface area contributed by atoms with Crippen molar-refractivity contribution in [1.82, 2.24) is 19.4 Å². The number of ether oxygens (including phenoxy) is 1. The number of carbonyl (C=O) groups excluding carboxylic acids is 3. The predicted octanol–water partition coefficient (Wildman–Crippen LogP) is 2.16. The highest BCUT2D eigenvalue weighted by Gasteiger charge is 2.46. The zero-order valence-electron chi connectivity index (χ0n) is 20.8. The third-order valence-corrected chi connectivity index (χ3v) is 7.47. The number of para-hydroxylation sites is 1. The number of rotatable bonds is 2. The lowest BCUT2D eigenvalue weighted by Gasteiger charge is -2.55. The molecule has 3 fully saturated rings. The Balaban J connectivity index is 1.34. The van der Waals surface area contributed by atoms with Crippen molar-refractivity contribution < 1.29 is 19.1 Å². The van der Waals surface area contributed by atoms with Gasteiger partial charge in [-0.1, -0.05) is 6.07 Å². The Morgan fingerprint density at radius 2 is 1.80 bits per heavy atom. The summed E-state index contributed by atoms with van der Waals surface area (Å²) in [5.41, 5.74) is 1.84. The van der Waals surface area contributed by atoms with E-state index in [1.165, 1.54) is 4.57 Å². The number of benzene rings is 1. The Morgan fingerprint density at radius 1 is 1.11 bits per heavy atom. The molecule has 0 saturated carbocycles. The number of likely N-dealkylation sites (tertiary alicyclic amines) is 1. The van der Waals surface area contributed by atoms with E-state index in [0.29, 0.717) is 25.0 Å². The van der Waals surface area contributed by atoms with E-state index < -0.39 is 17.6 Å². The first-order valence-electron chi connectivity index (χ1n) is 12.2. The summed E-state index contributed by atoms with van der Waals surface area (Å²) in [7, 11) is 1.73. The molecule has 3 amide bonds. The molecular weight excluding hydrogens is 450 g/mol. The van der Waals surface area contributed by atoms with Gasteiger partial charge in [0.1, 0.15) is 11.6 Å². The number of imide groups is 1. The maximum atomic E-state index is 13.2. The van der Waals surface area contributed by atoms with Gasteiger partial charge in [0.2, 0.25) is 11.8 Å². The van der Waals surface area contributed by atoms with Crippen LogP contribution in [0.15, 0.2) is 23.0 Å². The Labute approximate surface area is 203 Å². The standard InChI is InChI=1S/C25H33N5O5/c1-24(2,3)35-23(34)28-12-10-25(11-13-28)14-29(15-25)16-6-5-7-17-20(16)27(4)22(33)30(17)18-8-9-19(31)26-21(18)32/h5-7,18H,8-15H2,1-4H3,(H,26,31,32).